The summed E-state index contributed by atoms with van der Waals surface area (Å²) < 4.78 is 0. The van der Waals surface area contributed by atoms with E-state index >= 15 is 0 Å². The van der Waals surface area contributed by atoms with E-state index in [0.29, 0.717) is 6.04 Å². The van der Waals surface area contributed by atoms with Crippen LogP contribution in [0.5, 0.6) is 0 Å². The molecule has 0 saturated heterocycles. The normalized spacial score (nSPS) is 23.3. The maximum atomic E-state index is 6.02. The van der Waals surface area contributed by atoms with E-state index in [-0.39, 0.29) is 0 Å². The Kier molecular flexibility index (Phi) is 4.32. The molecule has 108 valence electrons. The Bertz CT molecular complexity index is 567. The monoisotopic (exact) mass is 290 g/mol. The Hall–Kier alpha value is -0.990. The molecule has 2 aromatic rings. The van der Waals surface area contributed by atoms with Gasteiger partial charge >= 0.3 is 0 Å². The Balaban J connectivity index is 1.60. The summed E-state index contributed by atoms with van der Waals surface area (Å²) in [5, 5.41) is 5.79. The number of aromatic amines is 1. The molecule has 1 heterocycles. The SMILES string of the molecule is CCC1CCC(NCc2c[nH]c3cc(Cl)ccc23)CC1. The number of fused-ring (bicyclic) bond motifs is 1. The molecule has 0 unspecified atom stereocenters. The quantitative estimate of drug-likeness (QED) is 0.825. The number of aromatic nitrogens is 1. The highest BCUT2D eigenvalue weighted by atomic mass is 35.5. The van der Waals surface area contributed by atoms with E-state index in [9.17, 15) is 0 Å². The Morgan fingerprint density at radius 2 is 2.05 bits per heavy atom. The summed E-state index contributed by atoms with van der Waals surface area (Å²) in [6.07, 6.45) is 8.87. The Morgan fingerprint density at radius 3 is 2.80 bits per heavy atom. The van der Waals surface area contributed by atoms with Gasteiger partial charge in [0.25, 0.3) is 0 Å². The van der Waals surface area contributed by atoms with Gasteiger partial charge < -0.3 is 10.3 Å². The molecule has 1 aliphatic carbocycles. The molecule has 0 bridgehead atoms. The smallest absolute Gasteiger partial charge is 0.0472 e. The summed E-state index contributed by atoms with van der Waals surface area (Å²) in [6.45, 7) is 3.26. The van der Waals surface area contributed by atoms with E-state index in [1.54, 1.807) is 0 Å². The van der Waals surface area contributed by atoms with Gasteiger partial charge in [-0.15, -0.1) is 0 Å². The highest BCUT2D eigenvalue weighted by molar-refractivity contribution is 6.31. The van der Waals surface area contributed by atoms with Gasteiger partial charge in [-0.25, -0.2) is 0 Å². The fourth-order valence-electron chi connectivity index (χ4n) is 3.33. The molecule has 0 aliphatic heterocycles. The molecule has 0 spiro atoms. The minimum absolute atomic E-state index is 0.690. The predicted molar refractivity (Wildman–Crippen MR) is 86.2 cm³/mol. The van der Waals surface area contributed by atoms with Crippen LogP contribution < -0.4 is 5.32 Å². The van der Waals surface area contributed by atoms with Crippen LogP contribution in [0.25, 0.3) is 10.9 Å². The number of benzene rings is 1. The van der Waals surface area contributed by atoms with Gasteiger partial charge in [-0.2, -0.15) is 0 Å². The molecule has 1 fully saturated rings. The summed E-state index contributed by atoms with van der Waals surface area (Å²) in [5.74, 6) is 0.961. The van der Waals surface area contributed by atoms with Crippen molar-refractivity contribution in [2.24, 2.45) is 5.92 Å². The molecular weight excluding hydrogens is 268 g/mol. The van der Waals surface area contributed by atoms with E-state index in [1.165, 1.54) is 43.1 Å². The lowest BCUT2D eigenvalue weighted by atomic mass is 9.84. The summed E-state index contributed by atoms with van der Waals surface area (Å²) in [4.78, 5) is 3.31. The third-order valence-electron chi connectivity index (χ3n) is 4.73. The minimum Gasteiger partial charge on any atom is -0.361 e. The molecule has 2 nitrogen and oxygen atoms in total. The van der Waals surface area contributed by atoms with Crippen molar-refractivity contribution in [2.45, 2.75) is 51.6 Å². The van der Waals surface area contributed by atoms with Crippen molar-refractivity contribution >= 4 is 22.5 Å². The second-order valence-corrected chi connectivity index (χ2v) is 6.45. The predicted octanol–water partition coefficient (Wildman–Crippen LogP) is 4.88. The van der Waals surface area contributed by atoms with E-state index < -0.39 is 0 Å². The number of hydrogen-bond acceptors (Lipinski definition) is 1. The third kappa shape index (κ3) is 3.02. The summed E-state index contributed by atoms with van der Waals surface area (Å²) in [5.41, 5.74) is 2.47. The van der Waals surface area contributed by atoms with Gasteiger partial charge in [-0.3, -0.25) is 0 Å². The lowest BCUT2D eigenvalue weighted by Gasteiger charge is -2.28. The van der Waals surface area contributed by atoms with Gasteiger partial charge in [0.15, 0.2) is 0 Å². The molecule has 1 saturated carbocycles. The summed E-state index contributed by atoms with van der Waals surface area (Å²) in [7, 11) is 0. The molecule has 20 heavy (non-hydrogen) atoms. The van der Waals surface area contributed by atoms with Gasteiger partial charge in [0.05, 0.1) is 0 Å². The van der Waals surface area contributed by atoms with E-state index in [4.69, 9.17) is 11.6 Å². The highest BCUT2D eigenvalue weighted by Crippen LogP contribution is 2.27. The van der Waals surface area contributed by atoms with Crippen LogP contribution in [0.15, 0.2) is 24.4 Å². The maximum Gasteiger partial charge on any atom is 0.0472 e. The van der Waals surface area contributed by atoms with Crippen LogP contribution in [0.2, 0.25) is 5.02 Å². The number of hydrogen-bond donors (Lipinski definition) is 2. The molecular formula is C17H23ClN2. The van der Waals surface area contributed by atoms with Crippen molar-refractivity contribution in [3.63, 3.8) is 0 Å². The first-order valence-electron chi connectivity index (χ1n) is 7.75. The zero-order chi connectivity index (χ0) is 13.9. The molecule has 3 rings (SSSR count). The Morgan fingerprint density at radius 1 is 1.25 bits per heavy atom. The molecule has 1 aromatic carbocycles. The van der Waals surface area contributed by atoms with Crippen LogP contribution >= 0.6 is 11.6 Å². The second kappa shape index (κ2) is 6.19. The largest absolute Gasteiger partial charge is 0.361 e. The number of halogens is 1. The summed E-state index contributed by atoms with van der Waals surface area (Å²) >= 11 is 6.02. The van der Waals surface area contributed by atoms with Crippen LogP contribution in [0.1, 0.15) is 44.6 Å². The van der Waals surface area contributed by atoms with E-state index in [2.05, 4.69) is 29.5 Å². The van der Waals surface area contributed by atoms with Gasteiger partial charge in [-0.05, 0) is 49.3 Å². The van der Waals surface area contributed by atoms with Crippen molar-refractivity contribution in [2.75, 3.05) is 0 Å². The number of nitrogens with one attached hydrogen (secondary N) is 2. The van der Waals surface area contributed by atoms with Gasteiger partial charge in [-0.1, -0.05) is 31.0 Å². The molecule has 0 amide bonds. The van der Waals surface area contributed by atoms with Crippen LogP contribution in [0.3, 0.4) is 0 Å². The van der Waals surface area contributed by atoms with Crippen LogP contribution in [0.4, 0.5) is 0 Å². The number of rotatable bonds is 4. The molecule has 3 heteroatoms. The van der Waals surface area contributed by atoms with E-state index in [0.717, 1.165) is 23.0 Å². The first kappa shape index (κ1) is 14.0. The fourth-order valence-corrected chi connectivity index (χ4v) is 3.51. The average molecular weight is 291 g/mol. The molecule has 0 radical (unpaired) electrons. The molecule has 1 aliphatic rings. The van der Waals surface area contributed by atoms with Gasteiger partial charge in [0.1, 0.15) is 0 Å². The lowest BCUT2D eigenvalue weighted by Crippen LogP contribution is -2.32. The average Bonchev–Trinajstić information content (AvgIpc) is 2.88. The zero-order valence-corrected chi connectivity index (χ0v) is 12.8. The van der Waals surface area contributed by atoms with Crippen LogP contribution in [-0.4, -0.2) is 11.0 Å². The first-order valence-corrected chi connectivity index (χ1v) is 8.13. The van der Waals surface area contributed by atoms with Gasteiger partial charge in [0.2, 0.25) is 0 Å². The standard InChI is InChI=1S/C17H23ClN2/c1-2-12-3-6-15(7-4-12)19-10-13-11-20-17-9-14(18)5-8-16(13)17/h5,8-9,11-12,15,19-20H,2-4,6-7,10H2,1H3. The molecule has 1 aromatic heterocycles. The molecule has 0 atom stereocenters. The first-order chi connectivity index (χ1) is 9.76. The fraction of sp³-hybridized carbons (Fsp3) is 0.529. The van der Waals surface area contributed by atoms with Crippen molar-refractivity contribution in [1.29, 1.82) is 0 Å². The minimum atomic E-state index is 0.690. The van der Waals surface area contributed by atoms with Crippen molar-refractivity contribution in [1.82, 2.24) is 10.3 Å². The van der Waals surface area contributed by atoms with Gasteiger partial charge in [0, 0.05) is 34.7 Å². The summed E-state index contributed by atoms with van der Waals surface area (Å²) in [6, 6.07) is 6.76. The van der Waals surface area contributed by atoms with E-state index in [1.807, 2.05) is 12.1 Å². The zero-order valence-electron chi connectivity index (χ0n) is 12.1. The maximum absolute atomic E-state index is 6.02. The Labute approximate surface area is 125 Å². The third-order valence-corrected chi connectivity index (χ3v) is 4.97. The topological polar surface area (TPSA) is 27.8 Å². The van der Waals surface area contributed by atoms with Crippen molar-refractivity contribution < 1.29 is 0 Å². The number of H-pyrrole nitrogens is 1. The van der Waals surface area contributed by atoms with Crippen LogP contribution in [-0.2, 0) is 6.54 Å². The lowest BCUT2D eigenvalue weighted by molar-refractivity contribution is 0.285. The van der Waals surface area contributed by atoms with Crippen molar-refractivity contribution in [3.05, 3.63) is 35.0 Å². The second-order valence-electron chi connectivity index (χ2n) is 6.01. The molecule has 2 N–H and O–H groups in total. The van der Waals surface area contributed by atoms with Crippen LogP contribution in [0, 0.1) is 5.92 Å². The highest BCUT2D eigenvalue weighted by Gasteiger charge is 2.19. The van der Waals surface area contributed by atoms with Crippen molar-refractivity contribution in [3.8, 4) is 0 Å².